The van der Waals surface area contributed by atoms with Gasteiger partial charge in [0.2, 0.25) is 0 Å². The van der Waals surface area contributed by atoms with Gasteiger partial charge in [-0.3, -0.25) is 0 Å². The van der Waals surface area contributed by atoms with Crippen molar-refractivity contribution in [2.75, 3.05) is 0 Å². The third kappa shape index (κ3) is 3.74. The molecule has 0 aliphatic carbocycles. The van der Waals surface area contributed by atoms with Gasteiger partial charge in [-0.05, 0) is 51.1 Å². The average molecular weight is 327 g/mol. The highest BCUT2D eigenvalue weighted by molar-refractivity contribution is 7.99. The fourth-order valence-electron chi connectivity index (χ4n) is 2.08. The molecule has 0 aliphatic rings. The minimum Gasteiger partial charge on any atom is -0.454 e. The van der Waals surface area contributed by atoms with E-state index in [9.17, 15) is 4.79 Å². The van der Waals surface area contributed by atoms with Crippen molar-refractivity contribution in [1.82, 2.24) is 5.16 Å². The molecule has 0 atom stereocenters. The van der Waals surface area contributed by atoms with Gasteiger partial charge in [0, 0.05) is 9.79 Å². The maximum atomic E-state index is 12.2. The van der Waals surface area contributed by atoms with E-state index in [0.29, 0.717) is 10.9 Å². The largest absolute Gasteiger partial charge is 0.454 e. The number of hydrogen-bond acceptors (Lipinski definition) is 5. The smallest absolute Gasteiger partial charge is 0.378 e. The minimum absolute atomic E-state index is 0.144. The van der Waals surface area contributed by atoms with Crippen molar-refractivity contribution in [2.24, 2.45) is 0 Å². The lowest BCUT2D eigenvalue weighted by Crippen LogP contribution is -2.23. The van der Waals surface area contributed by atoms with Crippen molar-refractivity contribution in [3.05, 3.63) is 54.3 Å². The predicted molar refractivity (Wildman–Crippen MR) is 89.7 cm³/mol. The van der Waals surface area contributed by atoms with Gasteiger partial charge in [-0.25, -0.2) is 4.79 Å². The SMILES string of the molecule is CC(C)(C)OC(=O)c1onc2ccc(Sc3ccccc3)cc12. The third-order valence-corrected chi connectivity index (χ3v) is 4.01. The van der Waals surface area contributed by atoms with Gasteiger partial charge in [0.1, 0.15) is 11.1 Å². The number of esters is 1. The van der Waals surface area contributed by atoms with E-state index >= 15 is 0 Å². The average Bonchev–Trinajstić information content (AvgIpc) is 2.90. The maximum Gasteiger partial charge on any atom is 0.378 e. The van der Waals surface area contributed by atoms with Crippen LogP contribution in [0.3, 0.4) is 0 Å². The number of benzene rings is 2. The van der Waals surface area contributed by atoms with E-state index in [2.05, 4.69) is 5.16 Å². The van der Waals surface area contributed by atoms with Crippen LogP contribution in [0.5, 0.6) is 0 Å². The van der Waals surface area contributed by atoms with Crippen LogP contribution in [0.2, 0.25) is 0 Å². The standard InChI is InChI=1S/C18H17NO3S/c1-18(2,3)21-17(20)16-14-11-13(9-10-15(14)19-22-16)23-12-7-5-4-6-8-12/h4-11H,1-3H3. The van der Waals surface area contributed by atoms with E-state index in [0.717, 1.165) is 9.79 Å². The van der Waals surface area contributed by atoms with Crippen LogP contribution >= 0.6 is 11.8 Å². The molecule has 1 heterocycles. The molecule has 0 fully saturated rings. The first-order valence-corrected chi connectivity index (χ1v) is 8.10. The summed E-state index contributed by atoms with van der Waals surface area (Å²) in [5.41, 5.74) is 0.0651. The van der Waals surface area contributed by atoms with Gasteiger partial charge in [0.15, 0.2) is 0 Å². The van der Waals surface area contributed by atoms with Crippen molar-refractivity contribution in [1.29, 1.82) is 0 Å². The first-order chi connectivity index (χ1) is 10.9. The second-order valence-corrected chi connectivity index (χ2v) is 7.25. The molecule has 5 heteroatoms. The van der Waals surface area contributed by atoms with Crippen LogP contribution in [0.15, 0.2) is 62.8 Å². The molecular formula is C18H17NO3S. The van der Waals surface area contributed by atoms with Crippen LogP contribution in [-0.4, -0.2) is 16.7 Å². The van der Waals surface area contributed by atoms with Crippen LogP contribution in [0.25, 0.3) is 10.9 Å². The molecule has 0 amide bonds. The molecule has 23 heavy (non-hydrogen) atoms. The summed E-state index contributed by atoms with van der Waals surface area (Å²) in [6.45, 7) is 5.46. The highest BCUT2D eigenvalue weighted by Gasteiger charge is 2.24. The molecule has 0 spiro atoms. The molecule has 0 aliphatic heterocycles. The number of carbonyl (C=O) groups excluding carboxylic acids is 1. The van der Waals surface area contributed by atoms with Crippen molar-refractivity contribution in [3.8, 4) is 0 Å². The minimum atomic E-state index is -0.577. The zero-order chi connectivity index (χ0) is 16.4. The van der Waals surface area contributed by atoms with Crippen LogP contribution in [0, 0.1) is 0 Å². The summed E-state index contributed by atoms with van der Waals surface area (Å²) in [4.78, 5) is 14.4. The van der Waals surface area contributed by atoms with Gasteiger partial charge in [0.25, 0.3) is 5.76 Å². The Kier molecular flexibility index (Phi) is 4.13. The van der Waals surface area contributed by atoms with Crippen molar-refractivity contribution in [2.45, 2.75) is 36.2 Å². The number of fused-ring (bicyclic) bond motifs is 1. The van der Waals surface area contributed by atoms with Crippen LogP contribution in [-0.2, 0) is 4.74 Å². The molecule has 0 N–H and O–H groups in total. The number of carbonyl (C=O) groups is 1. The van der Waals surface area contributed by atoms with E-state index in [1.54, 1.807) is 11.8 Å². The molecular weight excluding hydrogens is 310 g/mol. The van der Waals surface area contributed by atoms with Crippen LogP contribution in [0.4, 0.5) is 0 Å². The fraction of sp³-hybridized carbons (Fsp3) is 0.222. The Bertz CT molecular complexity index is 834. The maximum absolute atomic E-state index is 12.2. The lowest BCUT2D eigenvalue weighted by molar-refractivity contribution is 0.00307. The van der Waals surface area contributed by atoms with Gasteiger partial charge in [-0.1, -0.05) is 35.1 Å². The lowest BCUT2D eigenvalue weighted by atomic mass is 10.2. The summed E-state index contributed by atoms with van der Waals surface area (Å²) in [6, 6.07) is 15.8. The molecule has 0 saturated heterocycles. The quantitative estimate of drug-likeness (QED) is 0.638. The van der Waals surface area contributed by atoms with Crippen LogP contribution in [0.1, 0.15) is 31.3 Å². The van der Waals surface area contributed by atoms with E-state index in [4.69, 9.17) is 9.26 Å². The molecule has 1 aromatic heterocycles. The molecule has 0 radical (unpaired) electrons. The summed E-state index contributed by atoms with van der Waals surface area (Å²) in [5.74, 6) is -0.354. The van der Waals surface area contributed by atoms with Gasteiger partial charge in [0.05, 0.1) is 5.39 Å². The van der Waals surface area contributed by atoms with Crippen molar-refractivity contribution >= 4 is 28.6 Å². The molecule has 0 saturated carbocycles. The summed E-state index contributed by atoms with van der Waals surface area (Å²) < 4.78 is 10.6. The number of aromatic nitrogens is 1. The van der Waals surface area contributed by atoms with E-state index in [1.165, 1.54) is 0 Å². The van der Waals surface area contributed by atoms with E-state index in [1.807, 2.05) is 69.3 Å². The number of nitrogens with zero attached hydrogens (tertiary/aromatic N) is 1. The Morgan fingerprint density at radius 3 is 2.52 bits per heavy atom. The van der Waals surface area contributed by atoms with Gasteiger partial charge in [-0.2, -0.15) is 0 Å². The van der Waals surface area contributed by atoms with E-state index < -0.39 is 11.6 Å². The van der Waals surface area contributed by atoms with Crippen molar-refractivity contribution < 1.29 is 14.1 Å². The monoisotopic (exact) mass is 327 g/mol. The Hall–Kier alpha value is -2.27. The summed E-state index contributed by atoms with van der Waals surface area (Å²) >= 11 is 1.62. The zero-order valence-electron chi connectivity index (χ0n) is 13.2. The zero-order valence-corrected chi connectivity index (χ0v) is 14.0. The molecule has 0 bridgehead atoms. The topological polar surface area (TPSA) is 52.3 Å². The second kappa shape index (κ2) is 6.08. The normalized spacial score (nSPS) is 11.6. The first kappa shape index (κ1) is 15.6. The predicted octanol–water partition coefficient (Wildman–Crippen LogP) is 4.93. The molecule has 0 unspecified atom stereocenters. The Balaban J connectivity index is 1.92. The Morgan fingerprint density at radius 2 is 1.83 bits per heavy atom. The lowest BCUT2D eigenvalue weighted by Gasteiger charge is -2.18. The second-order valence-electron chi connectivity index (χ2n) is 6.11. The first-order valence-electron chi connectivity index (χ1n) is 7.28. The summed E-state index contributed by atoms with van der Waals surface area (Å²) in [5, 5.41) is 4.60. The number of ether oxygens (including phenoxy) is 1. The van der Waals surface area contributed by atoms with Gasteiger partial charge in [-0.15, -0.1) is 0 Å². The van der Waals surface area contributed by atoms with E-state index in [-0.39, 0.29) is 5.76 Å². The number of rotatable bonds is 3. The van der Waals surface area contributed by atoms with Gasteiger partial charge < -0.3 is 9.26 Å². The Labute approximate surface area is 138 Å². The third-order valence-electron chi connectivity index (χ3n) is 3.01. The molecule has 118 valence electrons. The molecule has 2 aromatic carbocycles. The highest BCUT2D eigenvalue weighted by atomic mass is 32.2. The Morgan fingerprint density at radius 1 is 1.09 bits per heavy atom. The molecule has 4 nitrogen and oxygen atoms in total. The van der Waals surface area contributed by atoms with Gasteiger partial charge >= 0.3 is 5.97 Å². The number of hydrogen-bond donors (Lipinski definition) is 0. The molecule has 3 rings (SSSR count). The highest BCUT2D eigenvalue weighted by Crippen LogP contribution is 2.31. The molecule has 3 aromatic rings. The van der Waals surface area contributed by atoms with Crippen LogP contribution < -0.4 is 0 Å². The summed E-state index contributed by atoms with van der Waals surface area (Å²) in [7, 11) is 0. The fourth-order valence-corrected chi connectivity index (χ4v) is 2.96. The summed E-state index contributed by atoms with van der Waals surface area (Å²) in [6.07, 6.45) is 0. The van der Waals surface area contributed by atoms with Crippen molar-refractivity contribution in [3.63, 3.8) is 0 Å².